The predicted octanol–water partition coefficient (Wildman–Crippen LogP) is 3.16. The summed E-state index contributed by atoms with van der Waals surface area (Å²) in [4.78, 5) is 22.0. The van der Waals surface area contributed by atoms with E-state index in [1.54, 1.807) is 17.1 Å². The van der Waals surface area contributed by atoms with Gasteiger partial charge in [-0.25, -0.2) is 9.67 Å². The Bertz CT molecular complexity index is 980. The maximum absolute atomic E-state index is 12.7. The lowest BCUT2D eigenvalue weighted by molar-refractivity contribution is 0.0951. The van der Waals surface area contributed by atoms with E-state index in [9.17, 15) is 4.79 Å². The van der Waals surface area contributed by atoms with E-state index in [0.29, 0.717) is 18.5 Å². The summed E-state index contributed by atoms with van der Waals surface area (Å²) in [6.07, 6.45) is 6.15. The first kappa shape index (κ1) is 22.0. The Kier molecular flexibility index (Phi) is 7.51. The highest BCUT2D eigenvalue weighted by atomic mass is 16.1. The van der Waals surface area contributed by atoms with Gasteiger partial charge >= 0.3 is 0 Å². The van der Waals surface area contributed by atoms with Gasteiger partial charge in [0.05, 0.1) is 17.5 Å². The number of rotatable bonds is 9. The fourth-order valence-corrected chi connectivity index (χ4v) is 4.21. The number of benzene rings is 1. The molecule has 0 atom stereocenters. The van der Waals surface area contributed by atoms with E-state index in [1.165, 1.54) is 5.69 Å². The number of carbonyl (C=O) groups is 1. The molecule has 3 aromatic rings. The average Bonchev–Trinajstić information content (AvgIpc) is 3.29. The van der Waals surface area contributed by atoms with Crippen LogP contribution in [0, 0.1) is 0 Å². The van der Waals surface area contributed by atoms with Crippen molar-refractivity contribution in [3.8, 4) is 5.82 Å². The van der Waals surface area contributed by atoms with Crippen molar-refractivity contribution in [3.05, 3.63) is 72.2 Å². The van der Waals surface area contributed by atoms with Gasteiger partial charge in [-0.3, -0.25) is 9.69 Å². The topological polar surface area (TPSA) is 66.3 Å². The summed E-state index contributed by atoms with van der Waals surface area (Å²) in [6.45, 7) is 8.12. The molecular weight excluding hydrogens is 400 g/mol. The van der Waals surface area contributed by atoms with Crippen LogP contribution in [-0.4, -0.2) is 64.8 Å². The molecule has 1 amide bonds. The van der Waals surface area contributed by atoms with Crippen molar-refractivity contribution < 1.29 is 4.79 Å². The van der Waals surface area contributed by atoms with Crippen LogP contribution < -0.4 is 10.2 Å². The predicted molar refractivity (Wildman–Crippen MR) is 127 cm³/mol. The van der Waals surface area contributed by atoms with Crippen molar-refractivity contribution >= 4 is 11.6 Å². The van der Waals surface area contributed by atoms with E-state index < -0.39 is 0 Å². The van der Waals surface area contributed by atoms with Gasteiger partial charge in [0.25, 0.3) is 5.91 Å². The third-order valence-electron chi connectivity index (χ3n) is 5.99. The molecule has 7 heteroatoms. The van der Waals surface area contributed by atoms with E-state index in [-0.39, 0.29) is 5.91 Å². The molecule has 1 aliphatic rings. The first-order chi connectivity index (χ1) is 15.8. The largest absolute Gasteiger partial charge is 0.369 e. The summed E-state index contributed by atoms with van der Waals surface area (Å²) in [6, 6.07) is 16.3. The molecule has 7 nitrogen and oxygen atoms in total. The minimum Gasteiger partial charge on any atom is -0.369 e. The van der Waals surface area contributed by atoms with Crippen LogP contribution in [0.5, 0.6) is 0 Å². The van der Waals surface area contributed by atoms with Crippen LogP contribution >= 0.6 is 0 Å². The van der Waals surface area contributed by atoms with Crippen molar-refractivity contribution in [2.24, 2.45) is 0 Å². The SMILES string of the molecule is CCc1c(C(=O)NCCCCN2CCN(c3ccccc3)CC2)cnn1-c1ccccn1. The van der Waals surface area contributed by atoms with Gasteiger partial charge in [-0.2, -0.15) is 5.10 Å². The number of unbranched alkanes of at least 4 members (excludes halogenated alkanes) is 1. The Morgan fingerprint density at radius 1 is 1.00 bits per heavy atom. The quantitative estimate of drug-likeness (QED) is 0.526. The lowest BCUT2D eigenvalue weighted by Crippen LogP contribution is -2.46. The summed E-state index contributed by atoms with van der Waals surface area (Å²) in [5.74, 6) is 0.677. The zero-order valence-corrected chi connectivity index (χ0v) is 18.8. The van der Waals surface area contributed by atoms with E-state index in [0.717, 1.165) is 57.1 Å². The van der Waals surface area contributed by atoms with Crippen LogP contribution in [0.15, 0.2) is 60.9 Å². The van der Waals surface area contributed by atoms with Crippen LogP contribution in [0.4, 0.5) is 5.69 Å². The molecule has 2 aromatic heterocycles. The summed E-state index contributed by atoms with van der Waals surface area (Å²) in [5, 5.41) is 7.46. The Hall–Kier alpha value is -3.19. The van der Waals surface area contributed by atoms with E-state index >= 15 is 0 Å². The second kappa shape index (κ2) is 10.9. The van der Waals surface area contributed by atoms with E-state index in [2.05, 4.69) is 55.5 Å². The van der Waals surface area contributed by atoms with Gasteiger partial charge in [0.1, 0.15) is 0 Å². The van der Waals surface area contributed by atoms with Crippen molar-refractivity contribution in [2.45, 2.75) is 26.2 Å². The minimum absolute atomic E-state index is 0.0551. The van der Waals surface area contributed by atoms with Crippen LogP contribution in [0.1, 0.15) is 35.8 Å². The van der Waals surface area contributed by atoms with Gasteiger partial charge in [-0.1, -0.05) is 31.2 Å². The molecule has 0 bridgehead atoms. The highest BCUT2D eigenvalue weighted by molar-refractivity contribution is 5.95. The average molecular weight is 433 g/mol. The Labute approximate surface area is 190 Å². The molecule has 0 radical (unpaired) electrons. The third-order valence-corrected chi connectivity index (χ3v) is 5.99. The van der Waals surface area contributed by atoms with Gasteiger partial charge < -0.3 is 10.2 Å². The monoisotopic (exact) mass is 432 g/mol. The molecule has 1 aliphatic heterocycles. The van der Waals surface area contributed by atoms with Gasteiger partial charge in [0.15, 0.2) is 5.82 Å². The summed E-state index contributed by atoms with van der Waals surface area (Å²) in [7, 11) is 0. The van der Waals surface area contributed by atoms with Crippen LogP contribution in [0.2, 0.25) is 0 Å². The number of pyridine rings is 1. The summed E-state index contributed by atoms with van der Waals surface area (Å²) >= 11 is 0. The molecule has 3 heterocycles. The van der Waals surface area contributed by atoms with Gasteiger partial charge in [-0.15, -0.1) is 0 Å². The lowest BCUT2D eigenvalue weighted by Gasteiger charge is -2.36. The number of para-hydroxylation sites is 1. The third kappa shape index (κ3) is 5.34. The maximum atomic E-state index is 12.7. The Morgan fingerprint density at radius 2 is 1.78 bits per heavy atom. The fraction of sp³-hybridized carbons (Fsp3) is 0.400. The normalized spacial score (nSPS) is 14.5. The molecule has 1 saturated heterocycles. The van der Waals surface area contributed by atoms with Crippen LogP contribution in [0.3, 0.4) is 0 Å². The zero-order valence-electron chi connectivity index (χ0n) is 18.8. The molecule has 1 fully saturated rings. The number of nitrogens with zero attached hydrogens (tertiary/aromatic N) is 5. The molecule has 0 spiro atoms. The van der Waals surface area contributed by atoms with Crippen LogP contribution in [-0.2, 0) is 6.42 Å². The van der Waals surface area contributed by atoms with Crippen molar-refractivity contribution in [3.63, 3.8) is 0 Å². The second-order valence-corrected chi connectivity index (χ2v) is 8.09. The molecule has 32 heavy (non-hydrogen) atoms. The van der Waals surface area contributed by atoms with Crippen molar-refractivity contribution in [1.82, 2.24) is 25.0 Å². The maximum Gasteiger partial charge on any atom is 0.254 e. The zero-order chi connectivity index (χ0) is 22.2. The first-order valence-electron chi connectivity index (χ1n) is 11.5. The number of nitrogens with one attached hydrogen (secondary N) is 1. The molecule has 4 rings (SSSR count). The van der Waals surface area contributed by atoms with Crippen molar-refractivity contribution in [1.29, 1.82) is 0 Å². The van der Waals surface area contributed by atoms with E-state index in [1.807, 2.05) is 25.1 Å². The minimum atomic E-state index is -0.0551. The number of amides is 1. The standard InChI is InChI=1S/C25H32N6O/c1-2-23-22(20-28-31(23)24-12-6-7-13-26-24)25(32)27-14-8-9-15-29-16-18-30(19-17-29)21-10-4-3-5-11-21/h3-7,10-13,20H,2,8-9,14-19H2,1H3,(H,27,32). The number of anilines is 1. The number of carbonyl (C=O) groups excluding carboxylic acids is 1. The molecule has 0 unspecified atom stereocenters. The number of hydrogen-bond acceptors (Lipinski definition) is 5. The summed E-state index contributed by atoms with van der Waals surface area (Å²) < 4.78 is 1.75. The number of piperazine rings is 1. The van der Waals surface area contributed by atoms with Gasteiger partial charge in [-0.05, 0) is 50.1 Å². The Morgan fingerprint density at radius 3 is 2.50 bits per heavy atom. The fourth-order valence-electron chi connectivity index (χ4n) is 4.21. The van der Waals surface area contributed by atoms with Crippen molar-refractivity contribution in [2.75, 3.05) is 44.2 Å². The first-order valence-corrected chi connectivity index (χ1v) is 11.5. The Balaban J connectivity index is 1.18. The molecular formula is C25H32N6O. The lowest BCUT2D eigenvalue weighted by atomic mass is 10.2. The van der Waals surface area contributed by atoms with Gasteiger partial charge in [0, 0.05) is 44.6 Å². The molecule has 1 aromatic carbocycles. The van der Waals surface area contributed by atoms with E-state index in [4.69, 9.17) is 0 Å². The molecule has 0 saturated carbocycles. The number of aromatic nitrogens is 3. The molecule has 0 aliphatic carbocycles. The molecule has 1 N–H and O–H groups in total. The molecule has 168 valence electrons. The smallest absolute Gasteiger partial charge is 0.254 e. The number of hydrogen-bond donors (Lipinski definition) is 1. The second-order valence-electron chi connectivity index (χ2n) is 8.09. The van der Waals surface area contributed by atoms with Crippen LogP contribution in [0.25, 0.3) is 5.82 Å². The highest BCUT2D eigenvalue weighted by Crippen LogP contribution is 2.16. The summed E-state index contributed by atoms with van der Waals surface area (Å²) in [5.41, 5.74) is 2.83. The van der Waals surface area contributed by atoms with Gasteiger partial charge in [0.2, 0.25) is 0 Å². The highest BCUT2D eigenvalue weighted by Gasteiger charge is 2.18.